The lowest BCUT2D eigenvalue weighted by Crippen LogP contribution is -2.51. The summed E-state index contributed by atoms with van der Waals surface area (Å²) in [6.07, 6.45) is 0. The van der Waals surface area contributed by atoms with Crippen molar-refractivity contribution in [2.45, 2.75) is 13.0 Å². The predicted molar refractivity (Wildman–Crippen MR) is 77.2 cm³/mol. The molecule has 0 aliphatic carbocycles. The number of likely N-dealkylation sites (N-methyl/N-ethyl adjacent to an activating group) is 1. The number of hydrogen-bond acceptors (Lipinski definition) is 3. The van der Waals surface area contributed by atoms with Crippen LogP contribution in [-0.2, 0) is 0 Å². The molecule has 116 valence electrons. The number of carbonyl (C=O) groups is 1. The van der Waals surface area contributed by atoms with E-state index in [2.05, 4.69) is 22.2 Å². The molecule has 2 rings (SSSR count). The lowest BCUT2D eigenvalue weighted by atomic mass is 10.2. The zero-order chi connectivity index (χ0) is 15.4. The minimum atomic E-state index is -0.834. The van der Waals surface area contributed by atoms with Crippen molar-refractivity contribution in [1.29, 1.82) is 0 Å². The van der Waals surface area contributed by atoms with Crippen LogP contribution in [0.5, 0.6) is 0 Å². The van der Waals surface area contributed by atoms with Gasteiger partial charge in [-0.3, -0.25) is 9.69 Å². The Morgan fingerprint density at radius 3 is 2.57 bits per heavy atom. The van der Waals surface area contributed by atoms with E-state index in [4.69, 9.17) is 0 Å². The van der Waals surface area contributed by atoms with Gasteiger partial charge >= 0.3 is 0 Å². The van der Waals surface area contributed by atoms with E-state index in [9.17, 15) is 13.6 Å². The van der Waals surface area contributed by atoms with Gasteiger partial charge in [0.1, 0.15) is 11.6 Å². The third-order valence-corrected chi connectivity index (χ3v) is 3.90. The first-order valence-corrected chi connectivity index (χ1v) is 7.13. The lowest BCUT2D eigenvalue weighted by molar-refractivity contribution is 0.0900. The van der Waals surface area contributed by atoms with Crippen molar-refractivity contribution in [1.82, 2.24) is 15.1 Å². The molecule has 0 aromatic heterocycles. The molecule has 1 aromatic rings. The van der Waals surface area contributed by atoms with Gasteiger partial charge in [0.05, 0.1) is 5.56 Å². The highest BCUT2D eigenvalue weighted by molar-refractivity contribution is 5.94. The van der Waals surface area contributed by atoms with Gasteiger partial charge in [-0.2, -0.15) is 0 Å². The van der Waals surface area contributed by atoms with Crippen LogP contribution in [0.4, 0.5) is 8.78 Å². The van der Waals surface area contributed by atoms with Crippen molar-refractivity contribution >= 4 is 5.91 Å². The van der Waals surface area contributed by atoms with Gasteiger partial charge in [-0.15, -0.1) is 0 Å². The number of halogens is 2. The van der Waals surface area contributed by atoms with Crippen molar-refractivity contribution in [2.75, 3.05) is 39.8 Å². The van der Waals surface area contributed by atoms with Crippen LogP contribution in [0.15, 0.2) is 18.2 Å². The summed E-state index contributed by atoms with van der Waals surface area (Å²) < 4.78 is 26.3. The molecule has 21 heavy (non-hydrogen) atoms. The summed E-state index contributed by atoms with van der Waals surface area (Å²) in [6.45, 7) is 6.40. The molecule has 4 nitrogen and oxygen atoms in total. The number of hydrogen-bond donors (Lipinski definition) is 1. The van der Waals surface area contributed by atoms with E-state index in [1.807, 2.05) is 6.92 Å². The second kappa shape index (κ2) is 6.95. The molecule has 1 amide bonds. The highest BCUT2D eigenvalue weighted by Gasteiger charge is 2.20. The van der Waals surface area contributed by atoms with E-state index in [-0.39, 0.29) is 11.6 Å². The predicted octanol–water partition coefficient (Wildman–Crippen LogP) is 1.33. The smallest absolute Gasteiger partial charge is 0.254 e. The van der Waals surface area contributed by atoms with Gasteiger partial charge in [0.25, 0.3) is 5.91 Å². The summed E-state index contributed by atoms with van der Waals surface area (Å²) in [5.41, 5.74) is -0.123. The molecule has 1 fully saturated rings. The fourth-order valence-electron chi connectivity index (χ4n) is 2.40. The lowest BCUT2D eigenvalue weighted by Gasteiger charge is -2.36. The Balaban J connectivity index is 1.86. The summed E-state index contributed by atoms with van der Waals surface area (Å²) in [6, 6.07) is 3.16. The quantitative estimate of drug-likeness (QED) is 0.911. The van der Waals surface area contributed by atoms with Crippen LogP contribution in [0.2, 0.25) is 0 Å². The Labute approximate surface area is 123 Å². The van der Waals surface area contributed by atoms with E-state index in [0.717, 1.165) is 38.3 Å². The second-order valence-electron chi connectivity index (χ2n) is 5.52. The van der Waals surface area contributed by atoms with Crippen LogP contribution in [0.25, 0.3) is 0 Å². The molecule has 0 bridgehead atoms. The Morgan fingerprint density at radius 1 is 1.29 bits per heavy atom. The number of nitrogens with one attached hydrogen (secondary N) is 1. The Kier molecular flexibility index (Phi) is 5.25. The first-order chi connectivity index (χ1) is 9.97. The van der Waals surface area contributed by atoms with Crippen molar-refractivity contribution in [3.8, 4) is 0 Å². The van der Waals surface area contributed by atoms with Gasteiger partial charge in [-0.05, 0) is 26.1 Å². The topological polar surface area (TPSA) is 35.6 Å². The summed E-state index contributed by atoms with van der Waals surface area (Å²) in [5, 5.41) is 2.71. The number of piperazine rings is 1. The number of benzene rings is 1. The normalized spacial score (nSPS) is 18.5. The standard InChI is InChI=1S/C15H21F2N3O/c1-11(20-7-5-19(2)6-8-20)10-18-15(21)13-4-3-12(16)9-14(13)17/h3-4,9,11H,5-8,10H2,1-2H3,(H,18,21)/t11-/m0/s1. The fraction of sp³-hybridized carbons (Fsp3) is 0.533. The number of amides is 1. The molecule has 1 aliphatic heterocycles. The molecule has 0 unspecified atom stereocenters. The first kappa shape index (κ1) is 15.9. The minimum absolute atomic E-state index is 0.123. The maximum atomic E-state index is 13.5. The molecule has 1 heterocycles. The largest absolute Gasteiger partial charge is 0.350 e. The van der Waals surface area contributed by atoms with Gasteiger partial charge in [0.2, 0.25) is 0 Å². The fourth-order valence-corrected chi connectivity index (χ4v) is 2.40. The summed E-state index contributed by atoms with van der Waals surface area (Å²) in [5.74, 6) is -2.02. The molecule has 0 spiro atoms. The van der Waals surface area contributed by atoms with Crippen LogP contribution in [0, 0.1) is 11.6 Å². The number of carbonyl (C=O) groups excluding carboxylic acids is 1. The van der Waals surface area contributed by atoms with Crippen molar-refractivity contribution < 1.29 is 13.6 Å². The van der Waals surface area contributed by atoms with Gasteiger partial charge in [0, 0.05) is 44.8 Å². The number of nitrogens with zero attached hydrogens (tertiary/aromatic N) is 2. The van der Waals surface area contributed by atoms with Gasteiger partial charge < -0.3 is 10.2 Å². The molecule has 1 aliphatic rings. The van der Waals surface area contributed by atoms with E-state index >= 15 is 0 Å². The summed E-state index contributed by atoms with van der Waals surface area (Å²) >= 11 is 0. The van der Waals surface area contributed by atoms with Gasteiger partial charge in [-0.25, -0.2) is 8.78 Å². The van der Waals surface area contributed by atoms with E-state index in [1.54, 1.807) is 0 Å². The maximum absolute atomic E-state index is 13.5. The molecule has 6 heteroatoms. The molecule has 1 saturated heterocycles. The van der Waals surface area contributed by atoms with Crippen molar-refractivity contribution in [3.63, 3.8) is 0 Å². The minimum Gasteiger partial charge on any atom is -0.350 e. The molecule has 1 aromatic carbocycles. The van der Waals surface area contributed by atoms with Crippen LogP contribution in [-0.4, -0.2) is 61.5 Å². The van der Waals surface area contributed by atoms with Gasteiger partial charge in [0.15, 0.2) is 0 Å². The first-order valence-electron chi connectivity index (χ1n) is 7.13. The second-order valence-corrected chi connectivity index (χ2v) is 5.52. The SMILES string of the molecule is C[C@@H](CNC(=O)c1ccc(F)cc1F)N1CCN(C)CC1. The van der Waals surface area contributed by atoms with Crippen LogP contribution in [0.3, 0.4) is 0 Å². The average molecular weight is 297 g/mol. The zero-order valence-electron chi connectivity index (χ0n) is 12.4. The van der Waals surface area contributed by atoms with Crippen LogP contribution in [0.1, 0.15) is 17.3 Å². The van der Waals surface area contributed by atoms with E-state index in [0.29, 0.717) is 6.54 Å². The van der Waals surface area contributed by atoms with E-state index < -0.39 is 17.5 Å². The Morgan fingerprint density at radius 2 is 1.95 bits per heavy atom. The Hall–Kier alpha value is -1.53. The third kappa shape index (κ3) is 4.22. The molecule has 1 N–H and O–H groups in total. The van der Waals surface area contributed by atoms with E-state index in [1.165, 1.54) is 6.07 Å². The monoisotopic (exact) mass is 297 g/mol. The zero-order valence-corrected chi connectivity index (χ0v) is 12.4. The maximum Gasteiger partial charge on any atom is 0.254 e. The average Bonchev–Trinajstić information content (AvgIpc) is 2.45. The highest BCUT2D eigenvalue weighted by Crippen LogP contribution is 2.10. The molecule has 0 radical (unpaired) electrons. The van der Waals surface area contributed by atoms with Crippen molar-refractivity contribution in [3.05, 3.63) is 35.4 Å². The third-order valence-electron chi connectivity index (χ3n) is 3.90. The summed E-state index contributed by atoms with van der Waals surface area (Å²) in [7, 11) is 2.08. The van der Waals surface area contributed by atoms with Crippen LogP contribution >= 0.6 is 0 Å². The summed E-state index contributed by atoms with van der Waals surface area (Å²) in [4.78, 5) is 16.5. The molecule has 1 atom stereocenters. The number of rotatable bonds is 4. The molecule has 0 saturated carbocycles. The highest BCUT2D eigenvalue weighted by atomic mass is 19.1. The molecular weight excluding hydrogens is 276 g/mol. The van der Waals surface area contributed by atoms with Crippen molar-refractivity contribution in [2.24, 2.45) is 0 Å². The molecular formula is C15H21F2N3O. The Bertz CT molecular complexity index is 502. The van der Waals surface area contributed by atoms with Gasteiger partial charge in [-0.1, -0.05) is 0 Å². The van der Waals surface area contributed by atoms with Crippen LogP contribution < -0.4 is 5.32 Å².